The molecular formula is C18H10BrCl2NOS2. The van der Waals surface area contributed by atoms with E-state index in [-0.39, 0.29) is 0 Å². The van der Waals surface area contributed by atoms with Gasteiger partial charge >= 0.3 is 0 Å². The van der Waals surface area contributed by atoms with Crippen LogP contribution in [0.25, 0.3) is 31.6 Å². The average Bonchev–Trinajstić information content (AvgIpc) is 3.26. The Labute approximate surface area is 171 Å². The lowest BCUT2D eigenvalue weighted by atomic mass is 10.1. The predicted molar refractivity (Wildman–Crippen MR) is 111 cm³/mol. The molecule has 3 aromatic heterocycles. The van der Waals surface area contributed by atoms with Crippen LogP contribution in [0.15, 0.2) is 50.7 Å². The summed E-state index contributed by atoms with van der Waals surface area (Å²) in [5, 5.41) is 1.15. The molecule has 0 aliphatic rings. The van der Waals surface area contributed by atoms with Crippen LogP contribution in [0.1, 0.15) is 5.89 Å². The monoisotopic (exact) mass is 469 g/mol. The van der Waals surface area contributed by atoms with Crippen molar-refractivity contribution in [3.05, 3.63) is 62.2 Å². The van der Waals surface area contributed by atoms with E-state index in [4.69, 9.17) is 27.6 Å². The zero-order valence-corrected chi connectivity index (χ0v) is 17.6. The summed E-state index contributed by atoms with van der Waals surface area (Å²) in [6, 6.07) is 13.7. The van der Waals surface area contributed by atoms with E-state index in [0.717, 1.165) is 25.7 Å². The summed E-state index contributed by atoms with van der Waals surface area (Å²) < 4.78 is 7.01. The molecule has 126 valence electrons. The maximum Gasteiger partial charge on any atom is 0.192 e. The lowest BCUT2D eigenvalue weighted by molar-refractivity contribution is 0.535. The minimum Gasteiger partial charge on any atom is -0.439 e. The summed E-state index contributed by atoms with van der Waals surface area (Å²) in [5.74, 6) is 1.33. The number of rotatable bonds is 3. The van der Waals surface area contributed by atoms with Crippen molar-refractivity contribution in [2.24, 2.45) is 0 Å². The maximum atomic E-state index is 6.37. The fourth-order valence-electron chi connectivity index (χ4n) is 2.50. The quantitative estimate of drug-likeness (QED) is 0.301. The molecule has 4 rings (SSSR count). The van der Waals surface area contributed by atoms with Crippen molar-refractivity contribution in [2.45, 2.75) is 6.92 Å². The fraction of sp³-hybridized carbons (Fsp3) is 0.0556. The highest BCUT2D eigenvalue weighted by atomic mass is 79.9. The molecule has 0 saturated heterocycles. The van der Waals surface area contributed by atoms with Crippen LogP contribution >= 0.6 is 61.8 Å². The van der Waals surface area contributed by atoms with Gasteiger partial charge in [0.2, 0.25) is 0 Å². The first kappa shape index (κ1) is 17.3. The third-order valence-corrected chi connectivity index (χ3v) is 7.02. The van der Waals surface area contributed by atoms with Gasteiger partial charge in [0.15, 0.2) is 11.7 Å². The van der Waals surface area contributed by atoms with E-state index in [0.29, 0.717) is 15.9 Å². The van der Waals surface area contributed by atoms with Crippen molar-refractivity contribution in [2.75, 3.05) is 0 Å². The van der Waals surface area contributed by atoms with Crippen molar-refractivity contribution in [3.63, 3.8) is 0 Å². The molecule has 0 unspecified atom stereocenters. The van der Waals surface area contributed by atoms with Gasteiger partial charge in [-0.15, -0.1) is 22.7 Å². The number of benzene rings is 1. The third-order valence-electron chi connectivity index (χ3n) is 3.57. The van der Waals surface area contributed by atoms with Crippen LogP contribution in [-0.2, 0) is 0 Å². The van der Waals surface area contributed by atoms with Crippen LogP contribution in [0.4, 0.5) is 0 Å². The molecule has 0 spiro atoms. The summed E-state index contributed by atoms with van der Waals surface area (Å²) in [5.41, 5.74) is 1.55. The largest absolute Gasteiger partial charge is 0.439 e. The zero-order chi connectivity index (χ0) is 17.6. The van der Waals surface area contributed by atoms with Gasteiger partial charge in [0.05, 0.1) is 13.7 Å². The van der Waals surface area contributed by atoms with E-state index in [1.807, 2.05) is 13.0 Å². The van der Waals surface area contributed by atoms with Gasteiger partial charge in [-0.2, -0.15) is 0 Å². The molecule has 0 aliphatic carbocycles. The van der Waals surface area contributed by atoms with Crippen LogP contribution < -0.4 is 0 Å². The minimum atomic E-state index is 0.556. The molecule has 1 aromatic carbocycles. The normalized spacial score (nSPS) is 11.2. The molecule has 0 fully saturated rings. The van der Waals surface area contributed by atoms with E-state index in [2.05, 4.69) is 45.2 Å². The standard InChI is InChI=1S/C18H10BrCl2NOS2/c1-9-22-17(11-3-2-10(20)8-12(11)21)18(23-9)15-5-4-13(24-15)14-6-7-16(19)25-14/h2-8H,1H3. The van der Waals surface area contributed by atoms with E-state index in [1.165, 1.54) is 9.75 Å². The SMILES string of the molecule is Cc1nc(-c2ccc(Cl)cc2Cl)c(-c2ccc(-c3ccc(Br)s3)s2)o1. The third kappa shape index (κ3) is 3.44. The van der Waals surface area contributed by atoms with Gasteiger partial charge in [-0.3, -0.25) is 0 Å². The van der Waals surface area contributed by atoms with Gasteiger partial charge < -0.3 is 4.42 Å². The number of hydrogen-bond acceptors (Lipinski definition) is 4. The summed E-state index contributed by atoms with van der Waals surface area (Å²) in [6.07, 6.45) is 0. The highest BCUT2D eigenvalue weighted by molar-refractivity contribution is 9.11. The van der Waals surface area contributed by atoms with Crippen LogP contribution in [0.2, 0.25) is 10.0 Å². The lowest BCUT2D eigenvalue weighted by Crippen LogP contribution is -1.83. The summed E-state index contributed by atoms with van der Waals surface area (Å²) in [7, 11) is 0. The minimum absolute atomic E-state index is 0.556. The molecule has 0 N–H and O–H groups in total. The van der Waals surface area contributed by atoms with E-state index in [9.17, 15) is 0 Å². The molecule has 7 heteroatoms. The molecule has 2 nitrogen and oxygen atoms in total. The van der Waals surface area contributed by atoms with Crippen molar-refractivity contribution >= 4 is 61.8 Å². The first-order chi connectivity index (χ1) is 12.0. The fourth-order valence-corrected chi connectivity index (χ4v) is 5.46. The van der Waals surface area contributed by atoms with Crippen molar-refractivity contribution in [1.29, 1.82) is 0 Å². The Balaban J connectivity index is 1.80. The summed E-state index contributed by atoms with van der Waals surface area (Å²) in [6.45, 7) is 1.84. The van der Waals surface area contributed by atoms with Crippen LogP contribution in [0.5, 0.6) is 0 Å². The molecular weight excluding hydrogens is 461 g/mol. The van der Waals surface area contributed by atoms with Gasteiger partial charge in [0.1, 0.15) is 5.69 Å². The number of oxazole rings is 1. The molecule has 0 radical (unpaired) electrons. The molecule has 0 saturated carbocycles. The molecule has 0 amide bonds. The smallest absolute Gasteiger partial charge is 0.192 e. The Morgan fingerprint density at radius 2 is 1.68 bits per heavy atom. The predicted octanol–water partition coefficient (Wildman–Crippen LogP) is 8.18. The molecule has 0 atom stereocenters. The highest BCUT2D eigenvalue weighted by Crippen LogP contribution is 2.43. The highest BCUT2D eigenvalue weighted by Gasteiger charge is 2.19. The second-order valence-electron chi connectivity index (χ2n) is 5.30. The number of halogens is 3. The van der Waals surface area contributed by atoms with Crippen LogP contribution in [0.3, 0.4) is 0 Å². The number of hydrogen-bond donors (Lipinski definition) is 0. The van der Waals surface area contributed by atoms with E-state index < -0.39 is 0 Å². The Kier molecular flexibility index (Phi) is 4.77. The van der Waals surface area contributed by atoms with Crippen LogP contribution in [-0.4, -0.2) is 4.98 Å². The van der Waals surface area contributed by atoms with E-state index in [1.54, 1.807) is 34.8 Å². The van der Waals surface area contributed by atoms with Gasteiger partial charge in [0.25, 0.3) is 0 Å². The molecule has 3 heterocycles. The number of aryl methyl sites for hydroxylation is 1. The second-order valence-corrected chi connectivity index (χ2v) is 9.69. The molecule has 0 aliphatic heterocycles. The zero-order valence-electron chi connectivity index (χ0n) is 12.8. The Bertz CT molecular complexity index is 1070. The molecule has 4 aromatic rings. The number of thiophene rings is 2. The van der Waals surface area contributed by atoms with E-state index >= 15 is 0 Å². The van der Waals surface area contributed by atoms with Crippen molar-refractivity contribution < 1.29 is 4.42 Å². The summed E-state index contributed by atoms with van der Waals surface area (Å²) in [4.78, 5) is 7.96. The van der Waals surface area contributed by atoms with Crippen molar-refractivity contribution in [1.82, 2.24) is 4.98 Å². The van der Waals surface area contributed by atoms with Gasteiger partial charge in [-0.25, -0.2) is 4.98 Å². The first-order valence-corrected chi connectivity index (χ1v) is 10.5. The lowest BCUT2D eigenvalue weighted by Gasteiger charge is -2.03. The van der Waals surface area contributed by atoms with Crippen molar-refractivity contribution in [3.8, 4) is 31.6 Å². The second kappa shape index (κ2) is 6.89. The topological polar surface area (TPSA) is 26.0 Å². The van der Waals surface area contributed by atoms with Gasteiger partial charge in [-0.1, -0.05) is 23.2 Å². The Hall–Kier alpha value is -1.11. The number of aromatic nitrogens is 1. The number of nitrogens with zero attached hydrogens (tertiary/aromatic N) is 1. The molecule has 25 heavy (non-hydrogen) atoms. The molecule has 0 bridgehead atoms. The van der Waals surface area contributed by atoms with Gasteiger partial charge in [0, 0.05) is 27.3 Å². The van der Waals surface area contributed by atoms with Crippen LogP contribution in [0, 0.1) is 6.92 Å². The Morgan fingerprint density at radius 3 is 2.40 bits per heavy atom. The van der Waals surface area contributed by atoms with Gasteiger partial charge in [-0.05, 0) is 58.4 Å². The summed E-state index contributed by atoms with van der Waals surface area (Å²) >= 11 is 19.3. The average molecular weight is 471 g/mol. The maximum absolute atomic E-state index is 6.37. The Morgan fingerprint density at radius 1 is 0.960 bits per heavy atom. The first-order valence-electron chi connectivity index (χ1n) is 7.30.